The fourth-order valence-corrected chi connectivity index (χ4v) is 5.01. The highest BCUT2D eigenvalue weighted by atomic mass is 32.2. The van der Waals surface area contributed by atoms with Crippen molar-refractivity contribution in [1.82, 2.24) is 14.5 Å². The first kappa shape index (κ1) is 14.8. The van der Waals surface area contributed by atoms with Gasteiger partial charge in [-0.15, -0.1) is 5.10 Å². The number of rotatable bonds is 3. The molecule has 1 aromatic carbocycles. The standard InChI is InChI=1S/C16H20N4O2S/c1-12-14-4-2-3-5-15(14)16(18-17-12)19-8-10-20(11-9-19)23(21,22)13-6-7-13/h2-5,13H,6-11H2,1H3. The molecule has 0 spiro atoms. The van der Waals surface area contributed by atoms with Crippen molar-refractivity contribution in [3.05, 3.63) is 30.0 Å². The second-order valence-electron chi connectivity index (χ2n) is 6.28. The summed E-state index contributed by atoms with van der Waals surface area (Å²) in [7, 11) is -3.07. The van der Waals surface area contributed by atoms with Gasteiger partial charge >= 0.3 is 0 Å². The fraction of sp³-hybridized carbons (Fsp3) is 0.500. The maximum Gasteiger partial charge on any atom is 0.217 e. The molecule has 1 aromatic heterocycles. The molecule has 0 unspecified atom stereocenters. The molecule has 0 atom stereocenters. The molecule has 1 aliphatic carbocycles. The number of anilines is 1. The Labute approximate surface area is 136 Å². The lowest BCUT2D eigenvalue weighted by molar-refractivity contribution is 0.383. The number of benzene rings is 1. The average molecular weight is 332 g/mol. The van der Waals surface area contributed by atoms with Crippen LogP contribution in [0.1, 0.15) is 18.5 Å². The monoisotopic (exact) mass is 332 g/mol. The summed E-state index contributed by atoms with van der Waals surface area (Å²) in [6.07, 6.45) is 1.63. The largest absolute Gasteiger partial charge is 0.352 e. The molecule has 2 fully saturated rings. The van der Waals surface area contributed by atoms with Crippen LogP contribution in [0.15, 0.2) is 24.3 Å². The lowest BCUT2D eigenvalue weighted by atomic mass is 10.1. The van der Waals surface area contributed by atoms with Crippen LogP contribution in [-0.4, -0.2) is 54.3 Å². The smallest absolute Gasteiger partial charge is 0.217 e. The number of fused-ring (bicyclic) bond motifs is 1. The third kappa shape index (κ3) is 2.57. The van der Waals surface area contributed by atoms with Gasteiger partial charge in [0.25, 0.3) is 0 Å². The molecule has 0 bridgehead atoms. The highest BCUT2D eigenvalue weighted by Gasteiger charge is 2.41. The van der Waals surface area contributed by atoms with E-state index in [1.165, 1.54) is 0 Å². The van der Waals surface area contributed by atoms with Gasteiger partial charge in [0.15, 0.2) is 5.82 Å². The molecule has 0 radical (unpaired) electrons. The number of sulfonamides is 1. The Morgan fingerprint density at radius 2 is 1.65 bits per heavy atom. The second kappa shape index (κ2) is 5.42. The van der Waals surface area contributed by atoms with Gasteiger partial charge in [0.1, 0.15) is 0 Å². The normalized spacial score (nSPS) is 20.1. The Hall–Kier alpha value is -1.73. The van der Waals surface area contributed by atoms with Gasteiger partial charge < -0.3 is 4.90 Å². The van der Waals surface area contributed by atoms with E-state index in [4.69, 9.17) is 0 Å². The molecule has 1 aliphatic heterocycles. The number of nitrogens with zero attached hydrogens (tertiary/aromatic N) is 4. The minimum absolute atomic E-state index is 0.131. The number of aryl methyl sites for hydroxylation is 1. The van der Waals surface area contributed by atoms with Crippen molar-refractivity contribution >= 4 is 26.6 Å². The second-order valence-corrected chi connectivity index (χ2v) is 8.50. The highest BCUT2D eigenvalue weighted by molar-refractivity contribution is 7.90. The molecule has 2 heterocycles. The topological polar surface area (TPSA) is 66.4 Å². The van der Waals surface area contributed by atoms with Crippen molar-refractivity contribution in [1.29, 1.82) is 0 Å². The van der Waals surface area contributed by atoms with Crippen LogP contribution in [-0.2, 0) is 10.0 Å². The van der Waals surface area contributed by atoms with Gasteiger partial charge in [0.2, 0.25) is 10.0 Å². The van der Waals surface area contributed by atoms with E-state index in [2.05, 4.69) is 27.2 Å². The van der Waals surface area contributed by atoms with Crippen molar-refractivity contribution in [3.8, 4) is 0 Å². The number of piperazine rings is 1. The van der Waals surface area contributed by atoms with E-state index in [0.29, 0.717) is 26.2 Å². The molecule has 2 aliphatic rings. The molecule has 1 saturated heterocycles. The van der Waals surface area contributed by atoms with E-state index in [1.54, 1.807) is 4.31 Å². The van der Waals surface area contributed by atoms with E-state index in [-0.39, 0.29) is 5.25 Å². The summed E-state index contributed by atoms with van der Waals surface area (Å²) >= 11 is 0. The molecule has 122 valence electrons. The summed E-state index contributed by atoms with van der Waals surface area (Å²) < 4.78 is 26.3. The first-order valence-corrected chi connectivity index (χ1v) is 9.53. The molecule has 0 amide bonds. The Balaban J connectivity index is 1.58. The zero-order valence-electron chi connectivity index (χ0n) is 13.1. The van der Waals surface area contributed by atoms with Gasteiger partial charge in [-0.1, -0.05) is 24.3 Å². The highest BCUT2D eigenvalue weighted by Crippen LogP contribution is 2.32. The molecule has 2 aromatic rings. The van der Waals surface area contributed by atoms with E-state index >= 15 is 0 Å². The zero-order valence-corrected chi connectivity index (χ0v) is 14.0. The predicted molar refractivity (Wildman–Crippen MR) is 90.0 cm³/mol. The van der Waals surface area contributed by atoms with Crippen molar-refractivity contribution in [2.45, 2.75) is 25.0 Å². The number of aromatic nitrogens is 2. The van der Waals surface area contributed by atoms with E-state index < -0.39 is 10.0 Å². The summed E-state index contributed by atoms with van der Waals surface area (Å²) in [6, 6.07) is 8.11. The average Bonchev–Trinajstić information content (AvgIpc) is 3.41. The summed E-state index contributed by atoms with van der Waals surface area (Å²) in [5.74, 6) is 0.856. The van der Waals surface area contributed by atoms with Crippen LogP contribution in [0.3, 0.4) is 0 Å². The predicted octanol–water partition coefficient (Wildman–Crippen LogP) is 1.55. The van der Waals surface area contributed by atoms with Crippen LogP contribution in [0.5, 0.6) is 0 Å². The van der Waals surface area contributed by atoms with Crippen molar-refractivity contribution in [2.24, 2.45) is 0 Å². The van der Waals surface area contributed by atoms with Crippen molar-refractivity contribution < 1.29 is 8.42 Å². The van der Waals surface area contributed by atoms with Gasteiger partial charge in [-0.3, -0.25) is 0 Å². The summed E-state index contributed by atoms with van der Waals surface area (Å²) in [5, 5.41) is 10.7. The van der Waals surface area contributed by atoms with Crippen LogP contribution in [0.25, 0.3) is 10.8 Å². The van der Waals surface area contributed by atoms with Gasteiger partial charge in [0.05, 0.1) is 10.9 Å². The molecule has 7 heteroatoms. The van der Waals surface area contributed by atoms with E-state index in [1.807, 2.05) is 19.1 Å². The van der Waals surface area contributed by atoms with Crippen LogP contribution >= 0.6 is 0 Å². The van der Waals surface area contributed by atoms with Crippen molar-refractivity contribution in [3.63, 3.8) is 0 Å². The van der Waals surface area contributed by atoms with Crippen LogP contribution < -0.4 is 4.90 Å². The molecular weight excluding hydrogens is 312 g/mol. The Kier molecular flexibility index (Phi) is 3.50. The van der Waals surface area contributed by atoms with E-state index in [0.717, 1.165) is 35.1 Å². The Morgan fingerprint density at radius 1 is 1.00 bits per heavy atom. The Morgan fingerprint density at radius 3 is 2.30 bits per heavy atom. The molecular formula is C16H20N4O2S. The lowest BCUT2D eigenvalue weighted by Gasteiger charge is -2.35. The molecule has 0 N–H and O–H groups in total. The van der Waals surface area contributed by atoms with Crippen LogP contribution in [0, 0.1) is 6.92 Å². The fourth-order valence-electron chi connectivity index (χ4n) is 3.19. The van der Waals surface area contributed by atoms with E-state index in [9.17, 15) is 8.42 Å². The minimum Gasteiger partial charge on any atom is -0.352 e. The molecule has 1 saturated carbocycles. The third-order valence-corrected chi connectivity index (χ3v) is 7.09. The lowest BCUT2D eigenvalue weighted by Crippen LogP contribution is -2.50. The SMILES string of the molecule is Cc1nnc(N2CCN(S(=O)(=O)C3CC3)CC2)c2ccccc12. The summed E-state index contributed by atoms with van der Waals surface area (Å²) in [6.45, 7) is 4.34. The van der Waals surface area contributed by atoms with Crippen molar-refractivity contribution in [2.75, 3.05) is 31.1 Å². The summed E-state index contributed by atoms with van der Waals surface area (Å²) in [4.78, 5) is 2.15. The molecule has 6 nitrogen and oxygen atoms in total. The van der Waals surface area contributed by atoms with Crippen LogP contribution in [0.4, 0.5) is 5.82 Å². The van der Waals surface area contributed by atoms with Gasteiger partial charge in [0, 0.05) is 37.0 Å². The maximum atomic E-state index is 12.3. The number of hydrogen-bond donors (Lipinski definition) is 0. The zero-order chi connectivity index (χ0) is 16.0. The van der Waals surface area contributed by atoms with Gasteiger partial charge in [-0.05, 0) is 19.8 Å². The third-order valence-electron chi connectivity index (χ3n) is 4.70. The van der Waals surface area contributed by atoms with Gasteiger partial charge in [-0.25, -0.2) is 8.42 Å². The first-order chi connectivity index (χ1) is 11.1. The number of hydrogen-bond acceptors (Lipinski definition) is 5. The maximum absolute atomic E-state index is 12.3. The molecule has 4 rings (SSSR count). The summed E-state index contributed by atoms with van der Waals surface area (Å²) in [5.41, 5.74) is 0.916. The van der Waals surface area contributed by atoms with Gasteiger partial charge in [-0.2, -0.15) is 9.40 Å². The van der Waals surface area contributed by atoms with Crippen LogP contribution in [0.2, 0.25) is 0 Å². The Bertz CT molecular complexity index is 840. The minimum atomic E-state index is -3.07. The first-order valence-electron chi connectivity index (χ1n) is 8.03. The quantitative estimate of drug-likeness (QED) is 0.853. The molecule has 23 heavy (non-hydrogen) atoms.